The van der Waals surface area contributed by atoms with Gasteiger partial charge in [0.1, 0.15) is 5.82 Å². The number of carbonyl (C=O) groups is 1. The maximum absolute atomic E-state index is 10.3. The van der Waals surface area contributed by atoms with E-state index in [1.807, 2.05) is 24.7 Å². The SMILES string of the molecule is Cc1cn(C)c(CCCC(=O)O)n1. The molecule has 0 saturated carbocycles. The third-order valence-corrected chi connectivity index (χ3v) is 1.88. The molecule has 0 aliphatic heterocycles. The van der Waals surface area contributed by atoms with Crippen LogP contribution in [0.5, 0.6) is 0 Å². The first-order chi connectivity index (χ1) is 6.09. The van der Waals surface area contributed by atoms with Gasteiger partial charge in [0, 0.05) is 26.1 Å². The summed E-state index contributed by atoms with van der Waals surface area (Å²) in [6.45, 7) is 1.93. The van der Waals surface area contributed by atoms with Gasteiger partial charge in [0.15, 0.2) is 0 Å². The van der Waals surface area contributed by atoms with Gasteiger partial charge in [0.25, 0.3) is 0 Å². The monoisotopic (exact) mass is 182 g/mol. The Morgan fingerprint density at radius 3 is 2.85 bits per heavy atom. The quantitative estimate of drug-likeness (QED) is 0.759. The van der Waals surface area contributed by atoms with Crippen LogP contribution in [0.15, 0.2) is 6.20 Å². The third kappa shape index (κ3) is 2.89. The molecule has 1 aromatic rings. The van der Waals surface area contributed by atoms with Gasteiger partial charge in [-0.1, -0.05) is 0 Å². The number of carboxylic acids is 1. The highest BCUT2D eigenvalue weighted by Gasteiger charge is 2.03. The fourth-order valence-corrected chi connectivity index (χ4v) is 1.30. The van der Waals surface area contributed by atoms with Crippen molar-refractivity contribution in [3.63, 3.8) is 0 Å². The van der Waals surface area contributed by atoms with Crippen LogP contribution >= 0.6 is 0 Å². The van der Waals surface area contributed by atoms with Crippen LogP contribution in [-0.2, 0) is 18.3 Å². The number of aryl methyl sites for hydroxylation is 3. The highest BCUT2D eigenvalue weighted by molar-refractivity contribution is 5.66. The van der Waals surface area contributed by atoms with Crippen LogP contribution in [0.4, 0.5) is 0 Å². The largest absolute Gasteiger partial charge is 0.481 e. The molecule has 0 spiro atoms. The fraction of sp³-hybridized carbons (Fsp3) is 0.556. The number of hydrogen-bond donors (Lipinski definition) is 1. The second-order valence-electron chi connectivity index (χ2n) is 3.16. The molecule has 13 heavy (non-hydrogen) atoms. The lowest BCUT2D eigenvalue weighted by molar-refractivity contribution is -0.137. The van der Waals surface area contributed by atoms with Crippen molar-refractivity contribution in [3.8, 4) is 0 Å². The van der Waals surface area contributed by atoms with Crippen LogP contribution in [0.3, 0.4) is 0 Å². The van der Waals surface area contributed by atoms with E-state index >= 15 is 0 Å². The second-order valence-corrected chi connectivity index (χ2v) is 3.16. The topological polar surface area (TPSA) is 55.1 Å². The Labute approximate surface area is 77.2 Å². The van der Waals surface area contributed by atoms with E-state index in [-0.39, 0.29) is 6.42 Å². The van der Waals surface area contributed by atoms with Gasteiger partial charge in [0.05, 0.1) is 5.69 Å². The number of rotatable bonds is 4. The Morgan fingerprint density at radius 1 is 1.69 bits per heavy atom. The summed E-state index contributed by atoms with van der Waals surface area (Å²) in [6, 6.07) is 0. The van der Waals surface area contributed by atoms with E-state index in [4.69, 9.17) is 5.11 Å². The van der Waals surface area contributed by atoms with Crippen molar-refractivity contribution in [2.45, 2.75) is 26.2 Å². The molecule has 4 nitrogen and oxygen atoms in total. The maximum atomic E-state index is 10.3. The van der Waals surface area contributed by atoms with Crippen molar-refractivity contribution < 1.29 is 9.90 Å². The number of aliphatic carboxylic acids is 1. The normalized spacial score (nSPS) is 10.3. The Hall–Kier alpha value is -1.32. The zero-order valence-corrected chi connectivity index (χ0v) is 7.95. The van der Waals surface area contributed by atoms with Crippen LogP contribution < -0.4 is 0 Å². The van der Waals surface area contributed by atoms with Gasteiger partial charge < -0.3 is 9.67 Å². The summed E-state index contributed by atoms with van der Waals surface area (Å²) in [6.07, 6.45) is 3.54. The summed E-state index contributed by atoms with van der Waals surface area (Å²) in [7, 11) is 1.93. The molecular weight excluding hydrogens is 168 g/mol. The van der Waals surface area contributed by atoms with Crippen molar-refractivity contribution in [2.75, 3.05) is 0 Å². The van der Waals surface area contributed by atoms with Crippen molar-refractivity contribution in [3.05, 3.63) is 17.7 Å². The van der Waals surface area contributed by atoms with Crippen molar-refractivity contribution in [1.82, 2.24) is 9.55 Å². The third-order valence-electron chi connectivity index (χ3n) is 1.88. The van der Waals surface area contributed by atoms with Gasteiger partial charge in [-0.25, -0.2) is 4.98 Å². The molecule has 0 saturated heterocycles. The minimum atomic E-state index is -0.745. The highest BCUT2D eigenvalue weighted by atomic mass is 16.4. The van der Waals surface area contributed by atoms with E-state index in [9.17, 15) is 4.79 Å². The minimum Gasteiger partial charge on any atom is -0.481 e. The smallest absolute Gasteiger partial charge is 0.303 e. The van der Waals surface area contributed by atoms with E-state index in [2.05, 4.69) is 4.98 Å². The van der Waals surface area contributed by atoms with E-state index in [0.717, 1.165) is 17.9 Å². The first-order valence-electron chi connectivity index (χ1n) is 4.30. The van der Waals surface area contributed by atoms with E-state index < -0.39 is 5.97 Å². The lowest BCUT2D eigenvalue weighted by Gasteiger charge is -1.98. The molecule has 0 radical (unpaired) electrons. The number of imidazole rings is 1. The molecule has 1 N–H and O–H groups in total. The Kier molecular flexibility index (Phi) is 3.06. The maximum Gasteiger partial charge on any atom is 0.303 e. The molecule has 0 fully saturated rings. The zero-order valence-electron chi connectivity index (χ0n) is 7.95. The highest BCUT2D eigenvalue weighted by Crippen LogP contribution is 2.04. The molecule has 72 valence electrons. The van der Waals surface area contributed by atoms with Crippen LogP contribution in [0, 0.1) is 6.92 Å². The molecule has 0 aromatic carbocycles. The van der Waals surface area contributed by atoms with Crippen molar-refractivity contribution in [1.29, 1.82) is 0 Å². The standard InChI is InChI=1S/C9H14N2O2/c1-7-6-11(2)8(10-7)4-3-5-9(12)13/h6H,3-5H2,1-2H3,(H,12,13). The zero-order chi connectivity index (χ0) is 9.84. The molecule has 0 bridgehead atoms. The van der Waals surface area contributed by atoms with Gasteiger partial charge in [-0.2, -0.15) is 0 Å². The summed E-state index contributed by atoms with van der Waals surface area (Å²) >= 11 is 0. The first kappa shape index (κ1) is 9.77. The molecule has 1 heterocycles. The molecule has 0 atom stereocenters. The summed E-state index contributed by atoms with van der Waals surface area (Å²) in [5.41, 5.74) is 0.979. The Bertz CT molecular complexity index is 305. The van der Waals surface area contributed by atoms with Gasteiger partial charge >= 0.3 is 5.97 Å². The van der Waals surface area contributed by atoms with Crippen LogP contribution in [0.1, 0.15) is 24.4 Å². The predicted octanol–water partition coefficient (Wildman–Crippen LogP) is 1.14. The minimum absolute atomic E-state index is 0.214. The summed E-state index contributed by atoms with van der Waals surface area (Å²) in [5, 5.41) is 8.44. The summed E-state index contributed by atoms with van der Waals surface area (Å²) in [5.74, 6) is 0.213. The lowest BCUT2D eigenvalue weighted by atomic mass is 10.2. The molecular formula is C9H14N2O2. The molecule has 0 aliphatic rings. The lowest BCUT2D eigenvalue weighted by Crippen LogP contribution is -2.00. The van der Waals surface area contributed by atoms with Crippen LogP contribution in [0.2, 0.25) is 0 Å². The molecule has 0 amide bonds. The average molecular weight is 182 g/mol. The van der Waals surface area contributed by atoms with Crippen LogP contribution in [-0.4, -0.2) is 20.6 Å². The molecule has 1 rings (SSSR count). The first-order valence-corrected chi connectivity index (χ1v) is 4.30. The Morgan fingerprint density at radius 2 is 2.38 bits per heavy atom. The van der Waals surface area contributed by atoms with Crippen LogP contribution in [0.25, 0.3) is 0 Å². The van der Waals surface area contributed by atoms with Gasteiger partial charge in [0.2, 0.25) is 0 Å². The van der Waals surface area contributed by atoms with Crippen molar-refractivity contribution in [2.24, 2.45) is 7.05 Å². The van der Waals surface area contributed by atoms with Gasteiger partial charge in [-0.3, -0.25) is 4.79 Å². The summed E-state index contributed by atoms with van der Waals surface area (Å²) < 4.78 is 1.94. The average Bonchev–Trinajstić information content (AvgIpc) is 2.29. The van der Waals surface area contributed by atoms with E-state index in [0.29, 0.717) is 6.42 Å². The Balaban J connectivity index is 2.45. The number of hydrogen-bond acceptors (Lipinski definition) is 2. The molecule has 0 aliphatic carbocycles. The number of aromatic nitrogens is 2. The van der Waals surface area contributed by atoms with Crippen molar-refractivity contribution >= 4 is 5.97 Å². The summed E-state index contributed by atoms with van der Waals surface area (Å²) in [4.78, 5) is 14.5. The fourth-order valence-electron chi connectivity index (χ4n) is 1.30. The van der Waals surface area contributed by atoms with Gasteiger partial charge in [-0.15, -0.1) is 0 Å². The van der Waals surface area contributed by atoms with E-state index in [1.54, 1.807) is 0 Å². The predicted molar refractivity (Wildman–Crippen MR) is 48.5 cm³/mol. The van der Waals surface area contributed by atoms with E-state index in [1.165, 1.54) is 0 Å². The number of carboxylic acid groups (broad SMARTS) is 1. The number of nitrogens with zero attached hydrogens (tertiary/aromatic N) is 2. The molecule has 0 unspecified atom stereocenters. The molecule has 1 aromatic heterocycles. The molecule has 4 heteroatoms. The van der Waals surface area contributed by atoms with Gasteiger partial charge in [-0.05, 0) is 13.3 Å². The second kappa shape index (κ2) is 4.07.